The van der Waals surface area contributed by atoms with Gasteiger partial charge in [0.25, 0.3) is 0 Å². The van der Waals surface area contributed by atoms with E-state index in [1.54, 1.807) is 0 Å². The summed E-state index contributed by atoms with van der Waals surface area (Å²) in [6.45, 7) is 0. The Morgan fingerprint density at radius 2 is 1.82 bits per heavy atom. The van der Waals surface area contributed by atoms with E-state index in [0.29, 0.717) is 0 Å². The second-order valence-electron chi connectivity index (χ2n) is 1.16. The van der Waals surface area contributed by atoms with Gasteiger partial charge in [0.2, 0.25) is 0 Å². The topological polar surface area (TPSA) is 49.4 Å². The molecule has 0 fully saturated rings. The molecule has 62 valence electrons. The quantitative estimate of drug-likeness (QED) is 0.277. The summed E-state index contributed by atoms with van der Waals surface area (Å²) in [5.74, 6) is 0. The summed E-state index contributed by atoms with van der Waals surface area (Å²) >= 11 is -3.49. The molecule has 0 aliphatic carbocycles. The normalized spacial score (nSPS) is 16.8. The van der Waals surface area contributed by atoms with Crippen LogP contribution in [0.5, 0.6) is 0 Å². The molecular formula is C2HF4LiO3S. The van der Waals surface area contributed by atoms with Crippen molar-refractivity contribution in [1.82, 2.24) is 0 Å². The van der Waals surface area contributed by atoms with Gasteiger partial charge in [-0.05, 0) is 0 Å². The fraction of sp³-hybridized carbons (Fsp3) is 1.00. The van der Waals surface area contributed by atoms with Gasteiger partial charge >= 0.3 is 31.4 Å². The van der Waals surface area contributed by atoms with Gasteiger partial charge in [-0.3, -0.25) is 4.18 Å². The van der Waals surface area contributed by atoms with E-state index in [0.717, 1.165) is 0 Å². The van der Waals surface area contributed by atoms with Gasteiger partial charge in [-0.15, -0.1) is 0 Å². The molecular weight excluding hydrogens is 187 g/mol. The van der Waals surface area contributed by atoms with Gasteiger partial charge in [-0.1, -0.05) is 0 Å². The van der Waals surface area contributed by atoms with Crippen LogP contribution >= 0.6 is 0 Å². The van der Waals surface area contributed by atoms with Crippen molar-refractivity contribution in [3.63, 3.8) is 0 Å². The summed E-state index contributed by atoms with van der Waals surface area (Å²) in [4.78, 5) is 0. The SMILES string of the molecule is O=S([O-])OC(F)C(F)(F)F.[Li+]. The molecule has 0 heterocycles. The molecule has 0 aromatic carbocycles. The molecule has 0 saturated heterocycles. The van der Waals surface area contributed by atoms with Crippen LogP contribution in [0.2, 0.25) is 0 Å². The Morgan fingerprint density at radius 3 is 1.91 bits per heavy atom. The van der Waals surface area contributed by atoms with Crippen molar-refractivity contribution in [3.8, 4) is 0 Å². The first-order valence-electron chi connectivity index (χ1n) is 1.81. The molecule has 0 bridgehead atoms. The van der Waals surface area contributed by atoms with Crippen LogP contribution in [0.15, 0.2) is 0 Å². The van der Waals surface area contributed by atoms with Gasteiger partial charge in [0.15, 0.2) is 0 Å². The van der Waals surface area contributed by atoms with Crippen LogP contribution in [0.3, 0.4) is 0 Å². The van der Waals surface area contributed by atoms with Crippen molar-refractivity contribution in [3.05, 3.63) is 0 Å². The van der Waals surface area contributed by atoms with Crippen molar-refractivity contribution in [2.24, 2.45) is 0 Å². The Labute approximate surface area is 73.8 Å². The molecule has 0 aromatic heterocycles. The molecule has 2 atom stereocenters. The van der Waals surface area contributed by atoms with Gasteiger partial charge in [0.05, 0.1) is 11.4 Å². The molecule has 0 aliphatic rings. The molecule has 2 unspecified atom stereocenters. The minimum Gasteiger partial charge on any atom is -0.750 e. The van der Waals surface area contributed by atoms with Gasteiger partial charge in [-0.2, -0.15) is 13.2 Å². The third kappa shape index (κ3) is 6.77. The number of hydrogen-bond donors (Lipinski definition) is 0. The monoisotopic (exact) mass is 188 g/mol. The zero-order valence-corrected chi connectivity index (χ0v) is 6.04. The summed E-state index contributed by atoms with van der Waals surface area (Å²) < 4.78 is 65.9. The summed E-state index contributed by atoms with van der Waals surface area (Å²) in [5.41, 5.74) is 0. The fourth-order valence-electron chi connectivity index (χ4n) is 0.124. The number of hydrogen-bond acceptors (Lipinski definition) is 3. The summed E-state index contributed by atoms with van der Waals surface area (Å²) in [6.07, 6.45) is -9.06. The summed E-state index contributed by atoms with van der Waals surface area (Å²) in [7, 11) is 0. The molecule has 0 saturated carbocycles. The van der Waals surface area contributed by atoms with Crippen molar-refractivity contribution in [2.75, 3.05) is 0 Å². The minimum atomic E-state index is -5.29. The predicted octanol–water partition coefficient (Wildman–Crippen LogP) is -2.34. The maximum Gasteiger partial charge on any atom is 1.00 e. The molecule has 0 spiro atoms. The zero-order valence-electron chi connectivity index (χ0n) is 5.22. The first-order chi connectivity index (χ1) is 4.34. The Hall–Kier alpha value is 0.387. The van der Waals surface area contributed by atoms with Crippen LogP contribution in [-0.4, -0.2) is 21.3 Å². The number of halogens is 4. The van der Waals surface area contributed by atoms with Crippen molar-refractivity contribution in [2.45, 2.75) is 12.5 Å². The van der Waals surface area contributed by atoms with Crippen molar-refractivity contribution < 1.29 is 49.4 Å². The average molecular weight is 188 g/mol. The first kappa shape index (κ1) is 13.9. The van der Waals surface area contributed by atoms with E-state index in [1.165, 1.54) is 0 Å². The maximum atomic E-state index is 11.4. The second kappa shape index (κ2) is 5.11. The van der Waals surface area contributed by atoms with Gasteiger partial charge < -0.3 is 4.55 Å². The van der Waals surface area contributed by atoms with Crippen LogP contribution in [-0.2, 0) is 15.5 Å². The van der Waals surface area contributed by atoms with E-state index < -0.39 is 23.9 Å². The third-order valence-corrected chi connectivity index (χ3v) is 0.746. The zero-order chi connectivity index (χ0) is 8.36. The van der Waals surface area contributed by atoms with Crippen molar-refractivity contribution in [1.29, 1.82) is 0 Å². The van der Waals surface area contributed by atoms with Crippen LogP contribution in [0, 0.1) is 0 Å². The van der Waals surface area contributed by atoms with E-state index in [4.69, 9.17) is 0 Å². The minimum absolute atomic E-state index is 0. The molecule has 0 N–H and O–H groups in total. The standard InChI is InChI=1S/C2H2F4O3S.Li/c3-1(2(4,5)6)9-10(7)8;/h1H,(H,7,8);/q;+1/p-1. The predicted molar refractivity (Wildman–Crippen MR) is 21.0 cm³/mol. The largest absolute Gasteiger partial charge is 1.00 e. The van der Waals surface area contributed by atoms with E-state index in [9.17, 15) is 26.3 Å². The van der Waals surface area contributed by atoms with Crippen LogP contribution in [0.4, 0.5) is 17.6 Å². The van der Waals surface area contributed by atoms with Gasteiger partial charge in [0, 0.05) is 0 Å². The Morgan fingerprint density at radius 1 is 1.45 bits per heavy atom. The Bertz CT molecular complexity index is 138. The summed E-state index contributed by atoms with van der Waals surface area (Å²) in [6, 6.07) is 0. The van der Waals surface area contributed by atoms with Gasteiger partial charge in [0.1, 0.15) is 0 Å². The van der Waals surface area contributed by atoms with Crippen LogP contribution in [0.1, 0.15) is 0 Å². The molecule has 0 amide bonds. The van der Waals surface area contributed by atoms with Gasteiger partial charge in [-0.25, -0.2) is 8.60 Å². The van der Waals surface area contributed by atoms with E-state index in [1.807, 2.05) is 0 Å². The summed E-state index contributed by atoms with van der Waals surface area (Å²) in [5, 5.41) is 0. The molecule has 11 heavy (non-hydrogen) atoms. The number of alkyl halides is 4. The van der Waals surface area contributed by atoms with E-state index in [2.05, 4.69) is 4.18 Å². The Balaban J connectivity index is 0. The average Bonchev–Trinajstić information content (AvgIpc) is 1.60. The van der Waals surface area contributed by atoms with Crippen LogP contribution < -0.4 is 18.9 Å². The molecule has 0 radical (unpaired) electrons. The maximum absolute atomic E-state index is 11.4. The number of rotatable bonds is 2. The first-order valence-corrected chi connectivity index (χ1v) is 2.81. The smallest absolute Gasteiger partial charge is 0.750 e. The molecule has 0 aromatic rings. The second-order valence-corrected chi connectivity index (χ2v) is 1.76. The molecule has 0 rings (SSSR count). The molecule has 3 nitrogen and oxygen atoms in total. The molecule has 9 heteroatoms. The Kier molecular flexibility index (Phi) is 6.47. The fourth-order valence-corrected chi connectivity index (χ4v) is 0.371. The van der Waals surface area contributed by atoms with Crippen molar-refractivity contribution >= 4 is 11.4 Å². The molecule has 0 aliphatic heterocycles. The van der Waals surface area contributed by atoms with E-state index in [-0.39, 0.29) is 18.9 Å². The van der Waals surface area contributed by atoms with E-state index >= 15 is 0 Å². The van der Waals surface area contributed by atoms with Crippen LogP contribution in [0.25, 0.3) is 0 Å². The third-order valence-electron chi connectivity index (χ3n) is 0.420.